The lowest BCUT2D eigenvalue weighted by molar-refractivity contribution is 0.235. The third-order valence-corrected chi connectivity index (χ3v) is 5.71. The summed E-state index contributed by atoms with van der Waals surface area (Å²) in [7, 11) is -4.61. The van der Waals surface area contributed by atoms with Crippen LogP contribution in [-0.2, 0) is 9.84 Å². The lowest BCUT2D eigenvalue weighted by Gasteiger charge is -2.32. The lowest BCUT2D eigenvalue weighted by atomic mass is 9.85. The number of rotatable bonds is 5. The number of hydrogen-bond donors (Lipinski definition) is 1. The van der Waals surface area contributed by atoms with Gasteiger partial charge >= 0.3 is 5.76 Å². The van der Waals surface area contributed by atoms with E-state index >= 15 is 0 Å². The quantitative estimate of drug-likeness (QED) is 0.829. The summed E-state index contributed by atoms with van der Waals surface area (Å²) in [5.74, 6) is -2.72. The fraction of sp³-hybridized carbons (Fsp3) is 0.571. The monoisotopic (exact) mass is 337 g/mol. The summed E-state index contributed by atoms with van der Waals surface area (Å²) in [6, 6.07) is 5.83. The van der Waals surface area contributed by atoms with Crippen LogP contribution in [0.15, 0.2) is 29.2 Å². The normalized spacial score (nSPS) is 23.2. The van der Waals surface area contributed by atoms with Gasteiger partial charge < -0.3 is 5.32 Å². The Morgan fingerprint density at radius 3 is 2.57 bits per heavy atom. The summed E-state index contributed by atoms with van der Waals surface area (Å²) in [4.78, 5) is -0.348. The molecule has 2 rings (SSSR count). The number of nitrogens with one attached hydrogen (secondary N) is 1. The molecule has 0 aromatic heterocycles. The van der Waals surface area contributed by atoms with Gasteiger partial charge in [0.1, 0.15) is 0 Å². The highest BCUT2D eigenvalue weighted by Crippen LogP contribution is 2.32. The van der Waals surface area contributed by atoms with Crippen LogP contribution in [-0.4, -0.2) is 26.1 Å². The molecule has 2 unspecified atom stereocenters. The Morgan fingerprint density at radius 2 is 1.90 bits per heavy atom. The van der Waals surface area contributed by atoms with Crippen molar-refractivity contribution in [2.75, 3.05) is 11.2 Å². The van der Waals surface area contributed by atoms with Crippen molar-refractivity contribution >= 4 is 27.1 Å². The molecular formula is C14H18ClF2NO2S. The molecule has 118 valence electrons. The maximum absolute atomic E-state index is 12.8. The Balaban J connectivity index is 2.28. The summed E-state index contributed by atoms with van der Waals surface area (Å²) in [5.41, 5.74) is 0.236. The van der Waals surface area contributed by atoms with Crippen molar-refractivity contribution in [3.63, 3.8) is 0 Å². The highest BCUT2D eigenvalue weighted by Gasteiger charge is 2.31. The largest absolute Gasteiger partial charge is 0.381 e. The molecule has 0 bridgehead atoms. The standard InChI is InChI=1S/C14H18ClF2NO2S/c15-9-10-5-1-2-6-11(10)18-12-7-3-4-8-13(12)21(19,20)14(16)17/h3-4,7-8,10-11,14,18H,1-2,5-6,9H2. The second-order valence-corrected chi connectivity index (χ2v) is 7.45. The number of para-hydroxylation sites is 1. The molecule has 0 radical (unpaired) electrons. The second-order valence-electron chi connectivity index (χ2n) is 5.25. The molecule has 21 heavy (non-hydrogen) atoms. The minimum Gasteiger partial charge on any atom is -0.381 e. The Morgan fingerprint density at radius 1 is 1.24 bits per heavy atom. The summed E-state index contributed by atoms with van der Waals surface area (Å²) < 4.78 is 49.0. The van der Waals surface area contributed by atoms with E-state index in [4.69, 9.17) is 11.6 Å². The van der Waals surface area contributed by atoms with Crippen LogP contribution in [0.3, 0.4) is 0 Å². The highest BCUT2D eigenvalue weighted by atomic mass is 35.5. The van der Waals surface area contributed by atoms with Gasteiger partial charge in [-0.05, 0) is 30.9 Å². The van der Waals surface area contributed by atoms with E-state index in [9.17, 15) is 17.2 Å². The third kappa shape index (κ3) is 3.66. The molecule has 0 aliphatic heterocycles. The van der Waals surface area contributed by atoms with E-state index in [0.29, 0.717) is 5.88 Å². The first kappa shape index (κ1) is 16.5. The molecule has 1 N–H and O–H groups in total. The fourth-order valence-corrected chi connectivity index (χ4v) is 3.98. The molecule has 1 aliphatic carbocycles. The zero-order valence-corrected chi connectivity index (χ0v) is 13.0. The Labute approximate surface area is 128 Å². The lowest BCUT2D eigenvalue weighted by Crippen LogP contribution is -2.33. The number of sulfone groups is 1. The van der Waals surface area contributed by atoms with Crippen LogP contribution in [0.1, 0.15) is 25.7 Å². The first-order chi connectivity index (χ1) is 9.96. The first-order valence-electron chi connectivity index (χ1n) is 6.90. The molecule has 0 saturated heterocycles. The number of hydrogen-bond acceptors (Lipinski definition) is 3. The topological polar surface area (TPSA) is 46.2 Å². The predicted octanol–water partition coefficient (Wildman–Crippen LogP) is 3.89. The molecular weight excluding hydrogens is 320 g/mol. The Kier molecular flexibility index (Phi) is 5.43. The van der Waals surface area contributed by atoms with Crippen molar-refractivity contribution in [3.05, 3.63) is 24.3 Å². The maximum Gasteiger partial charge on any atom is 0.341 e. The van der Waals surface area contributed by atoms with Crippen LogP contribution in [0.2, 0.25) is 0 Å². The van der Waals surface area contributed by atoms with Crippen LogP contribution >= 0.6 is 11.6 Å². The first-order valence-corrected chi connectivity index (χ1v) is 8.98. The van der Waals surface area contributed by atoms with Crippen molar-refractivity contribution in [1.29, 1.82) is 0 Å². The third-order valence-electron chi connectivity index (χ3n) is 3.88. The van der Waals surface area contributed by atoms with Crippen molar-refractivity contribution in [2.24, 2.45) is 5.92 Å². The molecule has 0 spiro atoms. The van der Waals surface area contributed by atoms with Crippen molar-refractivity contribution in [1.82, 2.24) is 0 Å². The molecule has 1 aliphatic rings. The van der Waals surface area contributed by atoms with Crippen molar-refractivity contribution < 1.29 is 17.2 Å². The molecule has 2 atom stereocenters. The van der Waals surface area contributed by atoms with Crippen LogP contribution in [0.5, 0.6) is 0 Å². The zero-order valence-electron chi connectivity index (χ0n) is 11.4. The van der Waals surface area contributed by atoms with Gasteiger partial charge in [0.2, 0.25) is 9.84 Å². The molecule has 3 nitrogen and oxygen atoms in total. The van der Waals surface area contributed by atoms with Gasteiger partial charge in [-0.25, -0.2) is 8.42 Å². The Bertz CT molecular complexity index is 580. The van der Waals surface area contributed by atoms with Crippen LogP contribution < -0.4 is 5.32 Å². The van der Waals surface area contributed by atoms with E-state index in [2.05, 4.69) is 5.32 Å². The summed E-state index contributed by atoms with van der Waals surface area (Å²) in [6.07, 6.45) is 3.94. The maximum atomic E-state index is 12.8. The number of alkyl halides is 3. The molecule has 0 heterocycles. The minimum absolute atomic E-state index is 0.0188. The highest BCUT2D eigenvalue weighted by molar-refractivity contribution is 7.91. The summed E-state index contributed by atoms with van der Waals surface area (Å²) in [6.45, 7) is 0. The molecule has 1 aromatic rings. The number of anilines is 1. The summed E-state index contributed by atoms with van der Waals surface area (Å²) in [5, 5.41) is 3.11. The van der Waals surface area contributed by atoms with Gasteiger partial charge in [-0.3, -0.25) is 0 Å². The van der Waals surface area contributed by atoms with Crippen LogP contribution in [0.4, 0.5) is 14.5 Å². The molecule has 1 aromatic carbocycles. The van der Waals surface area contributed by atoms with Gasteiger partial charge in [-0.2, -0.15) is 8.78 Å². The average Bonchev–Trinajstić information content (AvgIpc) is 2.48. The smallest absolute Gasteiger partial charge is 0.341 e. The molecule has 0 amide bonds. The van der Waals surface area contributed by atoms with Gasteiger partial charge in [0.25, 0.3) is 0 Å². The van der Waals surface area contributed by atoms with Gasteiger partial charge in [-0.15, -0.1) is 11.6 Å². The van der Waals surface area contributed by atoms with Gasteiger partial charge in [0.15, 0.2) is 0 Å². The van der Waals surface area contributed by atoms with Crippen molar-refractivity contribution in [3.8, 4) is 0 Å². The van der Waals surface area contributed by atoms with E-state index in [1.54, 1.807) is 6.07 Å². The van der Waals surface area contributed by atoms with E-state index in [0.717, 1.165) is 25.7 Å². The summed E-state index contributed by atoms with van der Waals surface area (Å²) >= 11 is 5.94. The Hall–Kier alpha value is -0.880. The zero-order chi connectivity index (χ0) is 15.5. The predicted molar refractivity (Wildman–Crippen MR) is 79.7 cm³/mol. The van der Waals surface area contributed by atoms with Gasteiger partial charge in [0, 0.05) is 11.9 Å². The van der Waals surface area contributed by atoms with E-state index in [1.165, 1.54) is 18.2 Å². The van der Waals surface area contributed by atoms with E-state index < -0.39 is 15.6 Å². The van der Waals surface area contributed by atoms with Gasteiger partial charge in [0.05, 0.1) is 10.6 Å². The number of halogens is 3. The minimum atomic E-state index is -4.61. The average molecular weight is 338 g/mol. The number of benzene rings is 1. The van der Waals surface area contributed by atoms with Crippen LogP contribution in [0, 0.1) is 5.92 Å². The molecule has 7 heteroatoms. The van der Waals surface area contributed by atoms with Gasteiger partial charge in [-0.1, -0.05) is 25.0 Å². The fourth-order valence-electron chi connectivity index (χ4n) is 2.71. The van der Waals surface area contributed by atoms with Crippen molar-refractivity contribution in [2.45, 2.75) is 42.4 Å². The molecule has 1 saturated carbocycles. The van der Waals surface area contributed by atoms with E-state index in [-0.39, 0.29) is 22.5 Å². The van der Waals surface area contributed by atoms with Crippen LogP contribution in [0.25, 0.3) is 0 Å². The SMILES string of the molecule is O=S(=O)(c1ccccc1NC1CCCCC1CCl)C(F)F. The second kappa shape index (κ2) is 6.92. The molecule has 1 fully saturated rings. The van der Waals surface area contributed by atoms with E-state index in [1.807, 2.05) is 0 Å².